The van der Waals surface area contributed by atoms with Crippen LogP contribution in [-0.4, -0.2) is 33.4 Å². The van der Waals surface area contributed by atoms with Crippen molar-refractivity contribution >= 4 is 21.6 Å². The summed E-state index contributed by atoms with van der Waals surface area (Å²) in [6.07, 6.45) is -9.54. The van der Waals surface area contributed by atoms with Gasteiger partial charge in [0.2, 0.25) is 0 Å². The monoisotopic (exact) mass is 442 g/mol. The maximum atomic E-state index is 12.4. The fourth-order valence-corrected chi connectivity index (χ4v) is 3.13. The molecule has 0 saturated carbocycles. The summed E-state index contributed by atoms with van der Waals surface area (Å²) in [5.41, 5.74) is -0.433. The molecule has 13 heteroatoms. The molecule has 1 amide bonds. The standard InChI is InChI=1S/C16H12F6N2O4S/c17-15(18,19)9-23-14(25)10-2-1-3-13(8-10)29(26,27)24-11-4-6-12(7-5-11)28-16(20,21)22/h1-8,24H,9H2,(H,23,25). The molecule has 0 heterocycles. The topological polar surface area (TPSA) is 84.5 Å². The maximum Gasteiger partial charge on any atom is 0.573 e. The summed E-state index contributed by atoms with van der Waals surface area (Å²) in [5.74, 6) is -1.70. The Labute approximate surface area is 160 Å². The number of amides is 1. The number of hydrogen-bond donors (Lipinski definition) is 2. The number of alkyl halides is 6. The van der Waals surface area contributed by atoms with E-state index in [1.807, 2.05) is 0 Å². The van der Waals surface area contributed by atoms with Crippen molar-refractivity contribution < 1.29 is 44.3 Å². The van der Waals surface area contributed by atoms with E-state index in [9.17, 15) is 39.6 Å². The highest BCUT2D eigenvalue weighted by Crippen LogP contribution is 2.25. The van der Waals surface area contributed by atoms with Gasteiger partial charge in [0.15, 0.2) is 0 Å². The van der Waals surface area contributed by atoms with E-state index in [0.29, 0.717) is 0 Å². The van der Waals surface area contributed by atoms with Gasteiger partial charge in [-0.15, -0.1) is 13.2 Å². The van der Waals surface area contributed by atoms with Crippen LogP contribution in [0.3, 0.4) is 0 Å². The molecule has 0 saturated heterocycles. The van der Waals surface area contributed by atoms with Crippen molar-refractivity contribution in [3.8, 4) is 5.75 Å². The maximum absolute atomic E-state index is 12.4. The van der Waals surface area contributed by atoms with Crippen molar-refractivity contribution in [1.82, 2.24) is 5.32 Å². The Hall–Kier alpha value is -2.96. The zero-order valence-electron chi connectivity index (χ0n) is 14.1. The van der Waals surface area contributed by atoms with E-state index in [1.54, 1.807) is 5.32 Å². The molecule has 158 valence electrons. The lowest BCUT2D eigenvalue weighted by Gasteiger charge is -2.12. The van der Waals surface area contributed by atoms with Gasteiger partial charge in [0.25, 0.3) is 15.9 Å². The molecule has 0 aliphatic carbocycles. The lowest BCUT2D eigenvalue weighted by Crippen LogP contribution is -2.33. The second-order valence-corrected chi connectivity index (χ2v) is 7.19. The first-order valence-electron chi connectivity index (χ1n) is 7.59. The van der Waals surface area contributed by atoms with Gasteiger partial charge in [0.1, 0.15) is 12.3 Å². The molecule has 0 radical (unpaired) electrons. The van der Waals surface area contributed by atoms with Crippen LogP contribution in [-0.2, 0) is 10.0 Å². The smallest absolute Gasteiger partial charge is 0.406 e. The van der Waals surface area contributed by atoms with E-state index in [-0.39, 0.29) is 11.3 Å². The largest absolute Gasteiger partial charge is 0.573 e. The second kappa shape index (κ2) is 8.19. The average Bonchev–Trinajstić information content (AvgIpc) is 2.59. The Bertz CT molecular complexity index is 972. The highest BCUT2D eigenvalue weighted by molar-refractivity contribution is 7.92. The Kier molecular flexibility index (Phi) is 6.30. The zero-order valence-corrected chi connectivity index (χ0v) is 15.0. The molecule has 0 unspecified atom stereocenters. The van der Waals surface area contributed by atoms with Gasteiger partial charge in [-0.1, -0.05) is 6.07 Å². The minimum Gasteiger partial charge on any atom is -0.406 e. The summed E-state index contributed by atoms with van der Waals surface area (Å²) in [4.78, 5) is 11.3. The number of rotatable bonds is 6. The molecule has 0 spiro atoms. The number of carbonyl (C=O) groups excluding carboxylic acids is 1. The van der Waals surface area contributed by atoms with Crippen LogP contribution in [0.2, 0.25) is 0 Å². The van der Waals surface area contributed by atoms with Crippen molar-refractivity contribution in [2.24, 2.45) is 0 Å². The van der Waals surface area contributed by atoms with Gasteiger partial charge in [-0.05, 0) is 42.5 Å². The van der Waals surface area contributed by atoms with Crippen molar-refractivity contribution in [1.29, 1.82) is 0 Å². The van der Waals surface area contributed by atoms with Crippen LogP contribution in [0.25, 0.3) is 0 Å². The average molecular weight is 442 g/mol. The first kappa shape index (κ1) is 22.3. The normalized spacial score (nSPS) is 12.3. The van der Waals surface area contributed by atoms with Gasteiger partial charge in [0.05, 0.1) is 4.90 Å². The molecular weight excluding hydrogens is 430 g/mol. The zero-order chi connectivity index (χ0) is 21.9. The molecule has 2 aromatic carbocycles. The van der Waals surface area contributed by atoms with E-state index in [4.69, 9.17) is 0 Å². The van der Waals surface area contributed by atoms with Crippen molar-refractivity contribution in [2.75, 3.05) is 11.3 Å². The SMILES string of the molecule is O=C(NCC(F)(F)F)c1cccc(S(=O)(=O)Nc2ccc(OC(F)(F)F)cc2)c1. The van der Waals surface area contributed by atoms with Crippen molar-refractivity contribution in [3.05, 3.63) is 54.1 Å². The van der Waals surface area contributed by atoms with Crippen LogP contribution in [0, 0.1) is 0 Å². The summed E-state index contributed by atoms with van der Waals surface area (Å²) in [6, 6.07) is 8.00. The number of ether oxygens (including phenoxy) is 1. The van der Waals surface area contributed by atoms with Crippen LogP contribution >= 0.6 is 0 Å². The molecule has 0 aromatic heterocycles. The fourth-order valence-electron chi connectivity index (χ4n) is 2.03. The number of nitrogens with one attached hydrogen (secondary N) is 2. The van der Waals surface area contributed by atoms with Gasteiger partial charge >= 0.3 is 12.5 Å². The number of carbonyl (C=O) groups is 1. The van der Waals surface area contributed by atoms with Crippen LogP contribution in [0.4, 0.5) is 32.0 Å². The predicted octanol–water partition coefficient (Wildman–Crippen LogP) is 3.68. The highest BCUT2D eigenvalue weighted by Gasteiger charge is 2.31. The first-order chi connectivity index (χ1) is 13.3. The van der Waals surface area contributed by atoms with E-state index in [2.05, 4.69) is 9.46 Å². The molecule has 2 aromatic rings. The van der Waals surface area contributed by atoms with Crippen LogP contribution in [0.5, 0.6) is 5.75 Å². The number of sulfonamides is 1. The molecule has 0 fully saturated rings. The van der Waals surface area contributed by atoms with Gasteiger partial charge in [-0.3, -0.25) is 9.52 Å². The summed E-state index contributed by atoms with van der Waals surface area (Å²) in [5, 5.41) is 1.61. The van der Waals surface area contributed by atoms with E-state index in [1.165, 1.54) is 0 Å². The second-order valence-electron chi connectivity index (χ2n) is 5.50. The summed E-state index contributed by atoms with van der Waals surface area (Å²) in [7, 11) is -4.28. The molecule has 6 nitrogen and oxygen atoms in total. The highest BCUT2D eigenvalue weighted by atomic mass is 32.2. The first-order valence-corrected chi connectivity index (χ1v) is 9.07. The third-order valence-corrected chi connectivity index (χ3v) is 4.57. The number of halogens is 6. The van der Waals surface area contributed by atoms with Gasteiger partial charge in [-0.25, -0.2) is 8.42 Å². The number of anilines is 1. The lowest BCUT2D eigenvalue weighted by molar-refractivity contribution is -0.274. The van der Waals surface area contributed by atoms with Crippen LogP contribution in [0.1, 0.15) is 10.4 Å². The Morgan fingerprint density at radius 2 is 1.59 bits per heavy atom. The Balaban J connectivity index is 2.14. The molecular formula is C16H12F6N2O4S. The van der Waals surface area contributed by atoms with Crippen molar-refractivity contribution in [3.63, 3.8) is 0 Å². The Morgan fingerprint density at radius 3 is 2.14 bits per heavy atom. The van der Waals surface area contributed by atoms with E-state index < -0.39 is 45.7 Å². The number of benzene rings is 2. The summed E-state index contributed by atoms with van der Waals surface area (Å²) < 4.78 is 103. The summed E-state index contributed by atoms with van der Waals surface area (Å²) >= 11 is 0. The molecule has 0 atom stereocenters. The molecule has 0 aliphatic rings. The van der Waals surface area contributed by atoms with Gasteiger partial charge in [-0.2, -0.15) is 13.2 Å². The van der Waals surface area contributed by atoms with Gasteiger partial charge in [0, 0.05) is 11.3 Å². The van der Waals surface area contributed by atoms with Crippen LogP contribution < -0.4 is 14.8 Å². The van der Waals surface area contributed by atoms with Gasteiger partial charge < -0.3 is 10.1 Å². The molecule has 2 N–H and O–H groups in total. The quantitative estimate of drug-likeness (QED) is 0.669. The molecule has 0 bridgehead atoms. The molecule has 0 aliphatic heterocycles. The van der Waals surface area contributed by atoms with E-state index in [0.717, 1.165) is 48.5 Å². The third kappa shape index (κ3) is 7.18. The molecule has 29 heavy (non-hydrogen) atoms. The van der Waals surface area contributed by atoms with Crippen LogP contribution in [0.15, 0.2) is 53.4 Å². The molecule has 2 rings (SSSR count). The number of hydrogen-bond acceptors (Lipinski definition) is 4. The van der Waals surface area contributed by atoms with Crippen molar-refractivity contribution in [2.45, 2.75) is 17.4 Å². The predicted molar refractivity (Wildman–Crippen MR) is 88.8 cm³/mol. The lowest BCUT2D eigenvalue weighted by atomic mass is 10.2. The Morgan fingerprint density at radius 1 is 0.966 bits per heavy atom. The third-order valence-electron chi connectivity index (χ3n) is 3.20. The summed E-state index contributed by atoms with van der Waals surface area (Å²) in [6.45, 7) is -1.59. The minimum atomic E-state index is -4.91. The van der Waals surface area contributed by atoms with E-state index >= 15 is 0 Å². The fraction of sp³-hybridized carbons (Fsp3) is 0.188. The minimum absolute atomic E-state index is 0.105.